The van der Waals surface area contributed by atoms with Gasteiger partial charge in [0.2, 0.25) is 5.88 Å². The van der Waals surface area contributed by atoms with Crippen LogP contribution in [0.15, 0.2) is 71.9 Å². The highest BCUT2D eigenvalue weighted by Gasteiger charge is 2.24. The van der Waals surface area contributed by atoms with E-state index in [4.69, 9.17) is 4.74 Å². The SMILES string of the molecule is CNc1ccc(-c2cc3c(OCC4CC4)ncnc3n2S(=O)c2ccccc2)cc1. The molecule has 0 aliphatic heterocycles. The minimum absolute atomic E-state index is 0.545. The zero-order valence-electron chi connectivity index (χ0n) is 16.6. The van der Waals surface area contributed by atoms with Gasteiger partial charge in [-0.2, -0.15) is 0 Å². The summed E-state index contributed by atoms with van der Waals surface area (Å²) in [5, 5.41) is 3.90. The maximum atomic E-state index is 13.6. The monoisotopic (exact) mass is 418 g/mol. The Hall–Kier alpha value is -3.19. The predicted molar refractivity (Wildman–Crippen MR) is 119 cm³/mol. The summed E-state index contributed by atoms with van der Waals surface area (Å²) in [6.07, 6.45) is 3.89. The molecule has 0 bridgehead atoms. The molecule has 30 heavy (non-hydrogen) atoms. The number of fused-ring (bicyclic) bond motifs is 1. The molecule has 1 aliphatic carbocycles. The van der Waals surface area contributed by atoms with Crippen LogP contribution >= 0.6 is 0 Å². The number of hydrogen-bond donors (Lipinski definition) is 1. The van der Waals surface area contributed by atoms with E-state index in [0.29, 0.717) is 28.9 Å². The smallest absolute Gasteiger partial charge is 0.226 e. The van der Waals surface area contributed by atoms with Gasteiger partial charge in [-0.05, 0) is 54.7 Å². The van der Waals surface area contributed by atoms with E-state index >= 15 is 0 Å². The van der Waals surface area contributed by atoms with Crippen molar-refractivity contribution in [2.24, 2.45) is 5.92 Å². The standard InChI is InChI=1S/C23H22N4O2S/c1-24-18-11-9-17(10-12-18)21-13-20-22(25-15-26-23(20)29-14-16-7-8-16)27(21)30(28)19-5-3-2-4-6-19/h2-6,9-13,15-16,24H,7-8,14H2,1H3. The van der Waals surface area contributed by atoms with E-state index in [1.807, 2.05) is 67.7 Å². The fraction of sp³-hybridized carbons (Fsp3) is 0.217. The van der Waals surface area contributed by atoms with Crippen molar-refractivity contribution in [3.63, 3.8) is 0 Å². The Labute approximate surface area is 177 Å². The van der Waals surface area contributed by atoms with Crippen molar-refractivity contribution in [1.29, 1.82) is 0 Å². The zero-order chi connectivity index (χ0) is 20.5. The molecule has 0 saturated heterocycles. The summed E-state index contributed by atoms with van der Waals surface area (Å²) in [6, 6.07) is 19.4. The van der Waals surface area contributed by atoms with Gasteiger partial charge in [0.05, 0.1) is 22.6 Å². The highest BCUT2D eigenvalue weighted by atomic mass is 32.2. The molecule has 2 aromatic carbocycles. The fourth-order valence-corrected chi connectivity index (χ4v) is 4.62. The van der Waals surface area contributed by atoms with E-state index in [-0.39, 0.29) is 0 Å². The van der Waals surface area contributed by atoms with Crippen LogP contribution in [0.3, 0.4) is 0 Å². The van der Waals surface area contributed by atoms with E-state index in [9.17, 15) is 4.21 Å². The molecular formula is C23H22N4O2S. The Morgan fingerprint density at radius 2 is 1.87 bits per heavy atom. The molecule has 1 atom stereocenters. The first-order valence-electron chi connectivity index (χ1n) is 9.99. The van der Waals surface area contributed by atoms with Crippen LogP contribution < -0.4 is 10.1 Å². The average molecular weight is 419 g/mol. The quantitative estimate of drug-likeness (QED) is 0.479. The molecule has 2 aromatic heterocycles. The molecule has 1 aliphatic rings. The third-order valence-corrected chi connectivity index (χ3v) is 6.63. The van der Waals surface area contributed by atoms with E-state index < -0.39 is 11.0 Å². The van der Waals surface area contributed by atoms with Crippen molar-refractivity contribution in [3.05, 3.63) is 67.0 Å². The topological polar surface area (TPSA) is 69.0 Å². The van der Waals surface area contributed by atoms with Gasteiger partial charge in [0.25, 0.3) is 0 Å². The fourth-order valence-electron chi connectivity index (χ4n) is 3.38. The highest BCUT2D eigenvalue weighted by molar-refractivity contribution is 7.83. The molecule has 0 spiro atoms. The summed E-state index contributed by atoms with van der Waals surface area (Å²) in [6.45, 7) is 0.658. The minimum atomic E-state index is -1.46. The summed E-state index contributed by atoms with van der Waals surface area (Å²) in [4.78, 5) is 9.55. The van der Waals surface area contributed by atoms with Gasteiger partial charge in [0.1, 0.15) is 6.33 Å². The molecule has 1 unspecified atom stereocenters. The second kappa shape index (κ2) is 7.91. The molecule has 7 heteroatoms. The van der Waals surface area contributed by atoms with Gasteiger partial charge < -0.3 is 10.1 Å². The van der Waals surface area contributed by atoms with E-state index in [1.165, 1.54) is 19.2 Å². The summed E-state index contributed by atoms with van der Waals surface area (Å²) in [7, 11) is 0.422. The van der Waals surface area contributed by atoms with E-state index in [0.717, 1.165) is 22.3 Å². The molecule has 152 valence electrons. The first-order chi connectivity index (χ1) is 14.7. The summed E-state index contributed by atoms with van der Waals surface area (Å²) in [5.41, 5.74) is 3.38. The van der Waals surface area contributed by atoms with Crippen molar-refractivity contribution in [3.8, 4) is 17.1 Å². The van der Waals surface area contributed by atoms with Crippen LogP contribution in [0.2, 0.25) is 0 Å². The average Bonchev–Trinajstić information content (AvgIpc) is 3.55. The molecule has 0 amide bonds. The lowest BCUT2D eigenvalue weighted by Crippen LogP contribution is -2.08. The highest BCUT2D eigenvalue weighted by Crippen LogP contribution is 2.35. The Morgan fingerprint density at radius 3 is 2.57 bits per heavy atom. The molecule has 6 nitrogen and oxygen atoms in total. The number of ether oxygens (including phenoxy) is 1. The van der Waals surface area contributed by atoms with Gasteiger partial charge in [-0.15, -0.1) is 0 Å². The van der Waals surface area contributed by atoms with Gasteiger partial charge in [-0.1, -0.05) is 30.3 Å². The molecule has 1 N–H and O–H groups in total. The number of hydrogen-bond acceptors (Lipinski definition) is 5. The number of rotatable bonds is 7. The zero-order valence-corrected chi connectivity index (χ0v) is 17.4. The van der Waals surface area contributed by atoms with Crippen molar-refractivity contribution in [1.82, 2.24) is 13.9 Å². The van der Waals surface area contributed by atoms with Gasteiger partial charge in [-0.3, -0.25) is 0 Å². The molecule has 4 aromatic rings. The van der Waals surface area contributed by atoms with Crippen LogP contribution in [-0.2, 0) is 11.0 Å². The van der Waals surface area contributed by atoms with Crippen LogP contribution in [0.1, 0.15) is 12.8 Å². The normalized spacial score (nSPS) is 14.6. The Kier molecular flexibility index (Phi) is 4.96. The molecular weight excluding hydrogens is 396 g/mol. The summed E-state index contributed by atoms with van der Waals surface area (Å²) >= 11 is 0. The van der Waals surface area contributed by atoms with Crippen LogP contribution in [-0.4, -0.2) is 31.8 Å². The number of aromatic nitrogens is 3. The van der Waals surface area contributed by atoms with E-state index in [2.05, 4.69) is 15.3 Å². The summed E-state index contributed by atoms with van der Waals surface area (Å²) < 4.78 is 21.4. The molecule has 5 rings (SSSR count). The number of benzene rings is 2. The molecule has 1 saturated carbocycles. The summed E-state index contributed by atoms with van der Waals surface area (Å²) in [5.74, 6) is 1.16. The molecule has 0 radical (unpaired) electrons. The second-order valence-corrected chi connectivity index (χ2v) is 8.72. The van der Waals surface area contributed by atoms with Gasteiger partial charge >= 0.3 is 0 Å². The molecule has 2 heterocycles. The van der Waals surface area contributed by atoms with Crippen molar-refractivity contribution in [2.45, 2.75) is 17.7 Å². The third-order valence-electron chi connectivity index (χ3n) is 5.25. The van der Waals surface area contributed by atoms with Gasteiger partial charge in [0, 0.05) is 12.7 Å². The minimum Gasteiger partial charge on any atom is -0.477 e. The maximum Gasteiger partial charge on any atom is 0.226 e. The Balaban J connectivity index is 1.67. The lowest BCUT2D eigenvalue weighted by Gasteiger charge is -2.11. The van der Waals surface area contributed by atoms with Crippen molar-refractivity contribution in [2.75, 3.05) is 19.0 Å². The molecule has 1 fully saturated rings. The number of anilines is 1. The largest absolute Gasteiger partial charge is 0.477 e. The Morgan fingerprint density at radius 1 is 1.10 bits per heavy atom. The van der Waals surface area contributed by atoms with Gasteiger partial charge in [0.15, 0.2) is 16.6 Å². The van der Waals surface area contributed by atoms with Crippen molar-refractivity contribution < 1.29 is 8.95 Å². The van der Waals surface area contributed by atoms with Crippen LogP contribution in [0.4, 0.5) is 5.69 Å². The van der Waals surface area contributed by atoms with Crippen LogP contribution in [0.5, 0.6) is 5.88 Å². The maximum absolute atomic E-state index is 13.6. The number of nitrogens with one attached hydrogen (secondary N) is 1. The number of nitrogens with zero attached hydrogens (tertiary/aromatic N) is 3. The Bertz CT molecular complexity index is 1200. The lowest BCUT2D eigenvalue weighted by molar-refractivity contribution is 0.292. The van der Waals surface area contributed by atoms with Crippen molar-refractivity contribution >= 4 is 27.7 Å². The predicted octanol–water partition coefficient (Wildman–Crippen LogP) is 4.50. The van der Waals surface area contributed by atoms with Crippen LogP contribution in [0.25, 0.3) is 22.3 Å². The first-order valence-corrected chi connectivity index (χ1v) is 11.1. The van der Waals surface area contributed by atoms with E-state index in [1.54, 1.807) is 3.97 Å². The lowest BCUT2D eigenvalue weighted by atomic mass is 10.1. The second-order valence-electron chi connectivity index (χ2n) is 7.38. The van der Waals surface area contributed by atoms with Crippen LogP contribution in [0, 0.1) is 5.92 Å². The third kappa shape index (κ3) is 3.57. The van der Waals surface area contributed by atoms with Gasteiger partial charge in [-0.25, -0.2) is 18.1 Å². The first kappa shape index (κ1) is 18.8.